The zero-order valence-electron chi connectivity index (χ0n) is 16.2. The van der Waals surface area contributed by atoms with E-state index >= 15 is 0 Å². The summed E-state index contributed by atoms with van der Waals surface area (Å²) < 4.78 is 11.6. The molecule has 7 rings (SSSR count). The number of piperidine rings is 1. The maximum atomic E-state index is 12.7. The van der Waals surface area contributed by atoms with Crippen LogP contribution in [0.1, 0.15) is 55.8 Å². The van der Waals surface area contributed by atoms with Crippen LogP contribution in [-0.4, -0.2) is 58.5 Å². The second kappa shape index (κ2) is 5.29. The standard InChI is InChI=1S/C22H27NO5/c1-27-14-4-5-15-16(10-14)20-8-9-23(11-13-2-3-13)18(17(15)24)22(20)7-6-21(26,12-20)19(25)28-22/h4-5,10,13,17-18,24,26H,2-3,6-9,11-12H2,1H3/t17-,18-,20-,21?,22-/m1/s1. The van der Waals surface area contributed by atoms with Crippen LogP contribution in [0.4, 0.5) is 0 Å². The van der Waals surface area contributed by atoms with Crippen LogP contribution in [-0.2, 0) is 14.9 Å². The highest BCUT2D eigenvalue weighted by molar-refractivity contribution is 5.83. The number of aliphatic hydroxyl groups excluding tert-OH is 1. The number of carbonyl (C=O) groups excluding carboxylic acids is 1. The summed E-state index contributed by atoms with van der Waals surface area (Å²) in [6.07, 6.45) is 3.96. The van der Waals surface area contributed by atoms with E-state index in [0.717, 1.165) is 36.4 Å². The molecule has 1 unspecified atom stereocenters. The first-order valence-electron chi connectivity index (χ1n) is 10.5. The van der Waals surface area contributed by atoms with Crippen molar-refractivity contribution >= 4 is 5.97 Å². The molecule has 0 radical (unpaired) electrons. The van der Waals surface area contributed by atoms with Crippen molar-refractivity contribution in [3.63, 3.8) is 0 Å². The van der Waals surface area contributed by atoms with Gasteiger partial charge in [0.1, 0.15) is 11.4 Å². The lowest BCUT2D eigenvalue weighted by Crippen LogP contribution is -2.81. The second-order valence-corrected chi connectivity index (χ2v) is 9.60. The topological polar surface area (TPSA) is 79.2 Å². The van der Waals surface area contributed by atoms with Crippen molar-refractivity contribution in [1.29, 1.82) is 0 Å². The Morgan fingerprint density at radius 3 is 2.82 bits per heavy atom. The van der Waals surface area contributed by atoms with Crippen molar-refractivity contribution < 1.29 is 24.5 Å². The Hall–Kier alpha value is -1.63. The summed E-state index contributed by atoms with van der Waals surface area (Å²) in [7, 11) is 1.63. The number of esters is 1. The molecule has 28 heavy (non-hydrogen) atoms. The van der Waals surface area contributed by atoms with Crippen LogP contribution < -0.4 is 4.74 Å². The number of hydrogen-bond donors (Lipinski definition) is 2. The number of likely N-dealkylation sites (tertiary alicyclic amines) is 1. The number of methoxy groups -OCH3 is 1. The molecule has 3 heterocycles. The molecule has 1 aromatic rings. The van der Waals surface area contributed by atoms with Gasteiger partial charge in [0.2, 0.25) is 0 Å². The van der Waals surface area contributed by atoms with Gasteiger partial charge in [-0.15, -0.1) is 0 Å². The van der Waals surface area contributed by atoms with E-state index in [1.807, 2.05) is 18.2 Å². The average molecular weight is 385 g/mol. The molecule has 0 aromatic heterocycles. The number of rotatable bonds is 3. The first-order chi connectivity index (χ1) is 13.4. The van der Waals surface area contributed by atoms with E-state index in [-0.39, 0.29) is 6.04 Å². The van der Waals surface area contributed by atoms with Crippen LogP contribution in [0.3, 0.4) is 0 Å². The van der Waals surface area contributed by atoms with Gasteiger partial charge in [0.05, 0.1) is 19.3 Å². The molecule has 3 aliphatic heterocycles. The highest BCUT2D eigenvalue weighted by atomic mass is 16.6. The minimum Gasteiger partial charge on any atom is -0.497 e. The summed E-state index contributed by atoms with van der Waals surface area (Å²) in [6, 6.07) is 5.58. The fourth-order valence-electron chi connectivity index (χ4n) is 6.77. The minimum atomic E-state index is -1.42. The Morgan fingerprint density at radius 1 is 1.29 bits per heavy atom. The normalized spacial score (nSPS) is 43.9. The van der Waals surface area contributed by atoms with Crippen LogP contribution in [0.15, 0.2) is 18.2 Å². The lowest BCUT2D eigenvalue weighted by Gasteiger charge is -2.70. The summed E-state index contributed by atoms with van der Waals surface area (Å²) in [4.78, 5) is 15.1. The van der Waals surface area contributed by atoms with Gasteiger partial charge in [0.25, 0.3) is 0 Å². The molecule has 1 spiro atoms. The molecule has 2 saturated carbocycles. The summed E-state index contributed by atoms with van der Waals surface area (Å²) in [5.41, 5.74) is -0.785. The van der Waals surface area contributed by atoms with Crippen LogP contribution in [0.2, 0.25) is 0 Å². The summed E-state index contributed by atoms with van der Waals surface area (Å²) in [5.74, 6) is 0.911. The van der Waals surface area contributed by atoms with Gasteiger partial charge in [-0.05, 0) is 67.8 Å². The smallest absolute Gasteiger partial charge is 0.338 e. The van der Waals surface area contributed by atoms with Crippen molar-refractivity contribution in [2.24, 2.45) is 5.92 Å². The third-order valence-electron chi connectivity index (χ3n) is 8.25. The summed E-state index contributed by atoms with van der Waals surface area (Å²) in [5, 5.41) is 22.6. The Balaban J connectivity index is 1.58. The zero-order valence-corrected chi connectivity index (χ0v) is 16.2. The number of nitrogens with zero attached hydrogens (tertiary/aromatic N) is 1. The highest BCUT2D eigenvalue weighted by Crippen LogP contribution is 2.67. The molecule has 6 nitrogen and oxygen atoms in total. The molecule has 4 bridgehead atoms. The number of benzene rings is 1. The third-order valence-corrected chi connectivity index (χ3v) is 8.25. The second-order valence-electron chi connectivity index (χ2n) is 9.60. The average Bonchev–Trinajstić information content (AvgIpc) is 3.50. The number of ether oxygens (including phenoxy) is 2. The number of hydrogen-bond acceptors (Lipinski definition) is 6. The maximum absolute atomic E-state index is 12.7. The van der Waals surface area contributed by atoms with E-state index < -0.39 is 28.7 Å². The Kier molecular flexibility index (Phi) is 3.26. The van der Waals surface area contributed by atoms with Gasteiger partial charge < -0.3 is 19.7 Å². The van der Waals surface area contributed by atoms with E-state index in [1.165, 1.54) is 12.8 Å². The largest absolute Gasteiger partial charge is 0.497 e. The predicted octanol–water partition coefficient (Wildman–Crippen LogP) is 1.67. The van der Waals surface area contributed by atoms with Crippen molar-refractivity contribution in [3.05, 3.63) is 29.3 Å². The zero-order chi connectivity index (χ0) is 19.3. The lowest BCUT2D eigenvalue weighted by atomic mass is 9.45. The fraction of sp³-hybridized carbons (Fsp3) is 0.682. The summed E-state index contributed by atoms with van der Waals surface area (Å²) in [6.45, 7) is 1.80. The van der Waals surface area contributed by atoms with Crippen LogP contribution >= 0.6 is 0 Å². The molecule has 3 saturated heterocycles. The first-order valence-corrected chi connectivity index (χ1v) is 10.5. The van der Waals surface area contributed by atoms with Gasteiger partial charge >= 0.3 is 5.97 Å². The third kappa shape index (κ3) is 1.91. The van der Waals surface area contributed by atoms with E-state index in [0.29, 0.717) is 25.2 Å². The van der Waals surface area contributed by atoms with Crippen molar-refractivity contribution in [1.82, 2.24) is 4.90 Å². The van der Waals surface area contributed by atoms with E-state index in [2.05, 4.69) is 4.90 Å². The van der Waals surface area contributed by atoms with Crippen LogP contribution in [0.25, 0.3) is 0 Å². The van der Waals surface area contributed by atoms with Gasteiger partial charge in [-0.25, -0.2) is 4.79 Å². The Morgan fingerprint density at radius 2 is 2.11 bits per heavy atom. The van der Waals surface area contributed by atoms with Crippen molar-refractivity contribution in [2.45, 2.75) is 67.3 Å². The molecule has 5 fully saturated rings. The lowest BCUT2D eigenvalue weighted by molar-refractivity contribution is -0.283. The molecular formula is C22H27NO5. The van der Waals surface area contributed by atoms with Crippen molar-refractivity contribution in [3.8, 4) is 5.75 Å². The SMILES string of the molecule is COc1ccc2c(c1)[C@]13CCN(CC4CC4)[C@H]([C@@H]2O)[C@]12CCC(O)(C3)C(=O)O2. The maximum Gasteiger partial charge on any atom is 0.338 e. The number of carbonyl (C=O) groups is 1. The quantitative estimate of drug-likeness (QED) is 0.771. The van der Waals surface area contributed by atoms with Gasteiger partial charge in [-0.2, -0.15) is 0 Å². The van der Waals surface area contributed by atoms with Crippen LogP contribution in [0.5, 0.6) is 5.75 Å². The number of fused-ring (bicyclic) bond motifs is 3. The molecule has 5 atom stereocenters. The summed E-state index contributed by atoms with van der Waals surface area (Å²) >= 11 is 0. The minimum absolute atomic E-state index is 0.253. The molecule has 2 N–H and O–H groups in total. The predicted molar refractivity (Wildman–Crippen MR) is 100.0 cm³/mol. The Labute approximate surface area is 164 Å². The van der Waals surface area contributed by atoms with Gasteiger partial charge in [-0.3, -0.25) is 4.90 Å². The van der Waals surface area contributed by atoms with Gasteiger partial charge in [-0.1, -0.05) is 6.07 Å². The monoisotopic (exact) mass is 385 g/mol. The van der Waals surface area contributed by atoms with E-state index in [4.69, 9.17) is 9.47 Å². The molecule has 1 aromatic carbocycles. The molecule has 3 aliphatic carbocycles. The van der Waals surface area contributed by atoms with E-state index in [9.17, 15) is 15.0 Å². The first kappa shape index (κ1) is 17.2. The molecule has 6 aliphatic rings. The van der Waals surface area contributed by atoms with Crippen molar-refractivity contribution in [2.75, 3.05) is 20.2 Å². The fourth-order valence-corrected chi connectivity index (χ4v) is 6.77. The van der Waals surface area contributed by atoms with Crippen LogP contribution in [0, 0.1) is 5.92 Å². The van der Waals surface area contributed by atoms with E-state index in [1.54, 1.807) is 7.11 Å². The molecule has 150 valence electrons. The Bertz CT molecular complexity index is 868. The van der Waals surface area contributed by atoms with Gasteiger partial charge in [0.15, 0.2) is 5.60 Å². The molecule has 6 heteroatoms. The van der Waals surface area contributed by atoms with Gasteiger partial charge in [0, 0.05) is 18.4 Å². The highest BCUT2D eigenvalue weighted by Gasteiger charge is 2.76. The number of aliphatic hydroxyl groups is 2. The molecule has 0 amide bonds. The molecular weight excluding hydrogens is 358 g/mol.